The number of para-hydroxylation sites is 1. The van der Waals surface area contributed by atoms with E-state index in [1.807, 2.05) is 30.3 Å². The van der Waals surface area contributed by atoms with Crippen molar-refractivity contribution in [1.29, 1.82) is 0 Å². The van der Waals surface area contributed by atoms with Crippen molar-refractivity contribution in [2.24, 2.45) is 5.92 Å². The maximum atomic E-state index is 12.8. The first-order chi connectivity index (χ1) is 15.6. The molecule has 2 aromatic heterocycles. The molecule has 3 N–H and O–H groups in total. The van der Waals surface area contributed by atoms with Crippen LogP contribution in [0.5, 0.6) is 0 Å². The summed E-state index contributed by atoms with van der Waals surface area (Å²) in [5.74, 6) is 0.761. The van der Waals surface area contributed by atoms with Gasteiger partial charge in [-0.2, -0.15) is 0 Å². The van der Waals surface area contributed by atoms with Gasteiger partial charge in [0.1, 0.15) is 5.82 Å². The second-order valence-corrected chi connectivity index (χ2v) is 8.27. The number of aliphatic hydroxyl groups is 1. The highest BCUT2D eigenvalue weighted by atomic mass is 35.5. The van der Waals surface area contributed by atoms with E-state index in [4.69, 9.17) is 11.6 Å². The van der Waals surface area contributed by atoms with E-state index in [0.29, 0.717) is 28.0 Å². The monoisotopic (exact) mass is 451 g/mol. The van der Waals surface area contributed by atoms with Crippen LogP contribution in [0.1, 0.15) is 28.9 Å². The second-order valence-electron chi connectivity index (χ2n) is 7.84. The molecule has 3 heterocycles. The number of carbonyl (C=O) groups is 1. The summed E-state index contributed by atoms with van der Waals surface area (Å²) in [7, 11) is 0. The molecular formula is C24H26ClN5O2. The molecule has 4 rings (SSSR count). The van der Waals surface area contributed by atoms with Gasteiger partial charge in [0.15, 0.2) is 0 Å². The number of amides is 1. The molecule has 0 saturated carbocycles. The van der Waals surface area contributed by atoms with Gasteiger partial charge in [0, 0.05) is 43.4 Å². The zero-order chi connectivity index (χ0) is 22.3. The third kappa shape index (κ3) is 5.55. The highest BCUT2D eigenvalue weighted by molar-refractivity contribution is 6.30. The Morgan fingerprint density at radius 1 is 1.12 bits per heavy atom. The average Bonchev–Trinajstić information content (AvgIpc) is 2.84. The largest absolute Gasteiger partial charge is 0.390 e. The molecule has 0 bridgehead atoms. The summed E-state index contributed by atoms with van der Waals surface area (Å²) in [5, 5.41) is 16.1. The molecule has 1 saturated heterocycles. The maximum absolute atomic E-state index is 12.8. The average molecular weight is 452 g/mol. The molecule has 1 aliphatic heterocycles. The number of nitrogens with one attached hydrogen (secondary N) is 2. The van der Waals surface area contributed by atoms with Crippen molar-refractivity contribution >= 4 is 34.7 Å². The molecule has 0 aliphatic carbocycles. The fraction of sp³-hybridized carbons (Fsp3) is 0.292. The number of halogens is 1. The fourth-order valence-corrected chi connectivity index (χ4v) is 3.98. The van der Waals surface area contributed by atoms with Gasteiger partial charge in [-0.1, -0.05) is 23.7 Å². The quantitative estimate of drug-likeness (QED) is 0.498. The van der Waals surface area contributed by atoms with Crippen molar-refractivity contribution in [2.75, 3.05) is 35.2 Å². The number of hydrogen-bond acceptors (Lipinski definition) is 6. The minimum absolute atomic E-state index is 0.0463. The molecular weight excluding hydrogens is 426 g/mol. The zero-order valence-electron chi connectivity index (χ0n) is 17.7. The van der Waals surface area contributed by atoms with E-state index in [9.17, 15) is 9.90 Å². The van der Waals surface area contributed by atoms with Crippen LogP contribution in [0.15, 0.2) is 60.9 Å². The van der Waals surface area contributed by atoms with E-state index in [-0.39, 0.29) is 12.5 Å². The molecule has 1 aromatic carbocycles. The molecule has 166 valence electrons. The van der Waals surface area contributed by atoms with Crippen LogP contribution in [0.4, 0.5) is 17.2 Å². The van der Waals surface area contributed by atoms with E-state index in [1.165, 1.54) is 6.20 Å². The van der Waals surface area contributed by atoms with Crippen molar-refractivity contribution < 1.29 is 9.90 Å². The molecule has 7 nitrogen and oxygen atoms in total. The van der Waals surface area contributed by atoms with Crippen LogP contribution in [-0.2, 0) is 6.61 Å². The molecule has 8 heteroatoms. The summed E-state index contributed by atoms with van der Waals surface area (Å²) in [6.45, 7) is 2.65. The van der Waals surface area contributed by atoms with Crippen LogP contribution in [-0.4, -0.2) is 40.6 Å². The molecule has 0 spiro atoms. The van der Waals surface area contributed by atoms with Crippen LogP contribution in [0.3, 0.4) is 0 Å². The SMILES string of the molecule is O=C(Nc1ccc(Cl)cn1)c1ccccc1NCC1CCN(c2ccnc(CO)c2)CC1. The van der Waals surface area contributed by atoms with Crippen molar-refractivity contribution in [2.45, 2.75) is 19.4 Å². The van der Waals surface area contributed by atoms with Gasteiger partial charge in [-0.05, 0) is 55.2 Å². The predicted molar refractivity (Wildman–Crippen MR) is 127 cm³/mol. The second kappa shape index (κ2) is 10.4. The van der Waals surface area contributed by atoms with E-state index < -0.39 is 0 Å². The lowest BCUT2D eigenvalue weighted by Crippen LogP contribution is -2.36. The predicted octanol–water partition coefficient (Wildman–Crippen LogP) is 4.20. The minimum atomic E-state index is -0.213. The zero-order valence-corrected chi connectivity index (χ0v) is 18.4. The van der Waals surface area contributed by atoms with Gasteiger partial charge in [0.2, 0.25) is 0 Å². The third-order valence-corrected chi connectivity index (χ3v) is 5.89. The summed E-state index contributed by atoms with van der Waals surface area (Å²) in [5.41, 5.74) is 3.18. The molecule has 1 aliphatic rings. The van der Waals surface area contributed by atoms with Crippen LogP contribution >= 0.6 is 11.6 Å². The number of benzene rings is 1. The van der Waals surface area contributed by atoms with E-state index >= 15 is 0 Å². The van der Waals surface area contributed by atoms with Crippen molar-refractivity contribution in [3.63, 3.8) is 0 Å². The fourth-order valence-electron chi connectivity index (χ4n) is 3.87. The number of pyridine rings is 2. The van der Waals surface area contributed by atoms with Gasteiger partial charge in [-0.15, -0.1) is 0 Å². The Kier molecular flexibility index (Phi) is 7.19. The highest BCUT2D eigenvalue weighted by Gasteiger charge is 2.20. The van der Waals surface area contributed by atoms with E-state index in [2.05, 4.69) is 25.5 Å². The van der Waals surface area contributed by atoms with Gasteiger partial charge >= 0.3 is 0 Å². The van der Waals surface area contributed by atoms with Crippen molar-refractivity contribution in [1.82, 2.24) is 9.97 Å². The van der Waals surface area contributed by atoms with Crippen molar-refractivity contribution in [3.8, 4) is 0 Å². The number of hydrogen-bond donors (Lipinski definition) is 3. The number of carbonyl (C=O) groups excluding carboxylic acids is 1. The summed E-state index contributed by atoms with van der Waals surface area (Å²) in [4.78, 5) is 23.4. The molecule has 0 unspecified atom stereocenters. The highest BCUT2D eigenvalue weighted by Crippen LogP contribution is 2.25. The Morgan fingerprint density at radius 3 is 2.69 bits per heavy atom. The van der Waals surface area contributed by atoms with Crippen LogP contribution in [0.25, 0.3) is 0 Å². The molecule has 0 radical (unpaired) electrons. The molecule has 1 fully saturated rings. The number of nitrogens with zero attached hydrogens (tertiary/aromatic N) is 3. The first kappa shape index (κ1) is 22.0. The first-order valence-electron chi connectivity index (χ1n) is 10.7. The number of anilines is 3. The lowest BCUT2D eigenvalue weighted by Gasteiger charge is -2.34. The third-order valence-electron chi connectivity index (χ3n) is 5.66. The van der Waals surface area contributed by atoms with Gasteiger partial charge in [0.25, 0.3) is 5.91 Å². The summed E-state index contributed by atoms with van der Waals surface area (Å²) in [6, 6.07) is 14.8. The Bertz CT molecular complexity index is 1050. The van der Waals surface area contributed by atoms with Gasteiger partial charge in [-0.3, -0.25) is 9.78 Å². The number of aliphatic hydroxyl groups excluding tert-OH is 1. The minimum Gasteiger partial charge on any atom is -0.390 e. The van der Waals surface area contributed by atoms with Crippen LogP contribution in [0.2, 0.25) is 5.02 Å². The first-order valence-corrected chi connectivity index (χ1v) is 11.1. The lowest BCUT2D eigenvalue weighted by atomic mass is 9.96. The van der Waals surface area contributed by atoms with Gasteiger partial charge in [0.05, 0.1) is 22.9 Å². The normalized spacial score (nSPS) is 14.2. The lowest BCUT2D eigenvalue weighted by molar-refractivity contribution is 0.102. The Labute approximate surface area is 192 Å². The maximum Gasteiger partial charge on any atom is 0.258 e. The number of rotatable bonds is 7. The van der Waals surface area contributed by atoms with Crippen molar-refractivity contribution in [3.05, 3.63) is 77.2 Å². The molecule has 32 heavy (non-hydrogen) atoms. The van der Waals surface area contributed by atoms with Gasteiger partial charge < -0.3 is 20.6 Å². The Morgan fingerprint density at radius 2 is 1.94 bits per heavy atom. The molecule has 3 aromatic rings. The van der Waals surface area contributed by atoms with Crippen LogP contribution < -0.4 is 15.5 Å². The van der Waals surface area contributed by atoms with E-state index in [1.54, 1.807) is 24.4 Å². The molecule has 0 atom stereocenters. The summed E-state index contributed by atoms with van der Waals surface area (Å²) < 4.78 is 0. The summed E-state index contributed by atoms with van der Waals surface area (Å²) >= 11 is 5.86. The van der Waals surface area contributed by atoms with E-state index in [0.717, 1.165) is 43.9 Å². The molecule has 1 amide bonds. The van der Waals surface area contributed by atoms with Crippen LogP contribution in [0, 0.1) is 5.92 Å². The number of aromatic nitrogens is 2. The standard InChI is InChI=1S/C24H26ClN5O2/c25-18-5-6-23(28-15-18)29-24(32)21-3-1-2-4-22(21)27-14-17-8-11-30(12-9-17)20-7-10-26-19(13-20)16-31/h1-7,10,13,15,17,27,31H,8-9,11-12,14,16H2,(H,28,29,32). The summed E-state index contributed by atoms with van der Waals surface area (Å²) in [6.07, 6.45) is 5.35. The Hall–Kier alpha value is -3.16. The smallest absolute Gasteiger partial charge is 0.258 e. The number of piperidine rings is 1. The Balaban J connectivity index is 1.32. The van der Waals surface area contributed by atoms with Gasteiger partial charge in [-0.25, -0.2) is 4.98 Å². The topological polar surface area (TPSA) is 90.4 Å².